The summed E-state index contributed by atoms with van der Waals surface area (Å²) in [4.78, 5) is 0.333. The molecule has 0 radical (unpaired) electrons. The van der Waals surface area contributed by atoms with E-state index in [4.69, 9.17) is 4.74 Å². The summed E-state index contributed by atoms with van der Waals surface area (Å²) in [5, 5.41) is 0. The summed E-state index contributed by atoms with van der Waals surface area (Å²) in [5.74, 6) is 4.12. The second kappa shape index (κ2) is 6.51. The van der Waals surface area contributed by atoms with Crippen LogP contribution >= 0.6 is 0 Å². The van der Waals surface area contributed by atoms with Crippen molar-refractivity contribution in [3.8, 4) is 5.75 Å². The molecule has 0 aromatic heterocycles. The van der Waals surface area contributed by atoms with Crippen molar-refractivity contribution < 1.29 is 17.4 Å². The van der Waals surface area contributed by atoms with Gasteiger partial charge >= 0.3 is 0 Å². The molecule has 1 atom stereocenters. The number of hydrogen-bond donors (Lipinski definition) is 1. The van der Waals surface area contributed by atoms with Crippen LogP contribution in [0.1, 0.15) is 0 Å². The Labute approximate surface area is 128 Å². The van der Waals surface area contributed by atoms with Gasteiger partial charge in [0, 0.05) is 13.0 Å². The van der Waals surface area contributed by atoms with E-state index in [9.17, 15) is 12.6 Å². The maximum atomic E-state index is 12.5. The van der Waals surface area contributed by atoms with Crippen molar-refractivity contribution in [1.82, 2.24) is 4.13 Å². The summed E-state index contributed by atoms with van der Waals surface area (Å²) < 4.78 is 43.9. The minimum absolute atomic E-state index is 0.0224. The number of sulfonamides is 1. The predicted octanol–water partition coefficient (Wildman–Crippen LogP) is 1.94. The van der Waals surface area contributed by atoms with Crippen LogP contribution in [0.2, 0.25) is 25.7 Å². The van der Waals surface area contributed by atoms with Crippen molar-refractivity contribution in [2.75, 3.05) is 12.9 Å². The van der Waals surface area contributed by atoms with E-state index >= 15 is 0 Å². The first-order chi connectivity index (χ1) is 9.45. The zero-order valence-electron chi connectivity index (χ0n) is 12.9. The Balaban J connectivity index is 2.88. The molecule has 0 saturated carbocycles. The third-order valence-electron chi connectivity index (χ3n) is 2.82. The van der Waals surface area contributed by atoms with Crippen molar-refractivity contribution in [2.45, 2.75) is 30.6 Å². The minimum Gasteiger partial charge on any atom is -0.497 e. The monoisotopic (exact) mass is 349 g/mol. The average molecular weight is 350 g/mol. The molecule has 0 aliphatic heterocycles. The molecule has 1 unspecified atom stereocenters. The van der Waals surface area contributed by atoms with Gasteiger partial charge in [0.2, 0.25) is 10.0 Å². The van der Waals surface area contributed by atoms with Crippen molar-refractivity contribution >= 4 is 33.7 Å². The first kappa shape index (κ1) is 18.2. The lowest BCUT2D eigenvalue weighted by molar-refractivity contribution is 0.414. The molecular formula is C13H23NO4S2Si. The molecule has 0 heterocycles. The fourth-order valence-electron chi connectivity index (χ4n) is 1.53. The Kier molecular flexibility index (Phi) is 5.65. The number of benzene rings is 1. The second-order valence-electron chi connectivity index (χ2n) is 6.06. The number of hydrogen-bond acceptors (Lipinski definition) is 4. The van der Waals surface area contributed by atoms with Gasteiger partial charge in [-0.25, -0.2) is 12.6 Å². The highest BCUT2D eigenvalue weighted by Gasteiger charge is 2.22. The van der Waals surface area contributed by atoms with Crippen molar-refractivity contribution in [1.29, 1.82) is 0 Å². The van der Waals surface area contributed by atoms with E-state index < -0.39 is 27.8 Å². The molecule has 1 rings (SSSR count). The maximum Gasteiger partial charge on any atom is 0.222 e. The molecule has 0 amide bonds. The molecule has 0 spiro atoms. The Morgan fingerprint density at radius 1 is 1.14 bits per heavy atom. The zero-order chi connectivity index (χ0) is 16.3. The van der Waals surface area contributed by atoms with Crippen LogP contribution < -0.4 is 8.86 Å². The number of nitrogens with one attached hydrogen (secondary N) is 1. The first-order valence-electron chi connectivity index (χ1n) is 6.48. The largest absolute Gasteiger partial charge is 0.497 e. The van der Waals surface area contributed by atoms with E-state index in [1.54, 1.807) is 24.3 Å². The van der Waals surface area contributed by atoms with Gasteiger partial charge in [-0.15, -0.1) is 4.13 Å². The summed E-state index contributed by atoms with van der Waals surface area (Å²) >= 11 is 0. The lowest BCUT2D eigenvalue weighted by Crippen LogP contribution is -2.35. The zero-order valence-corrected chi connectivity index (χ0v) is 15.5. The molecular weight excluding hydrogens is 326 g/mol. The van der Waals surface area contributed by atoms with E-state index in [0.29, 0.717) is 16.7 Å². The molecule has 1 N–H and O–H groups in total. The highest BCUT2D eigenvalue weighted by molar-refractivity contribution is 8.09. The fraction of sp³-hybridized carbons (Fsp3) is 0.462. The van der Waals surface area contributed by atoms with Gasteiger partial charge in [-0.1, -0.05) is 19.6 Å². The van der Waals surface area contributed by atoms with Gasteiger partial charge < -0.3 is 4.74 Å². The molecule has 5 nitrogen and oxygen atoms in total. The minimum atomic E-state index is -3.62. The quantitative estimate of drug-likeness (QED) is 0.603. The summed E-state index contributed by atoms with van der Waals surface area (Å²) in [7, 11) is -6.67. The average Bonchev–Trinajstić information content (AvgIpc) is 2.35. The second-order valence-corrected chi connectivity index (χ2v) is 15.8. The number of methoxy groups -OCH3 is 1. The third-order valence-corrected chi connectivity index (χ3v) is 8.80. The smallest absolute Gasteiger partial charge is 0.222 e. The molecule has 0 saturated heterocycles. The summed E-state index contributed by atoms with van der Waals surface area (Å²) in [6.07, 6.45) is 0. The molecule has 1 aromatic carbocycles. The van der Waals surface area contributed by atoms with Gasteiger partial charge in [0.1, 0.15) is 5.75 Å². The van der Waals surface area contributed by atoms with E-state index in [-0.39, 0.29) is 5.75 Å². The lowest BCUT2D eigenvalue weighted by atomic mass is 10.3. The Morgan fingerprint density at radius 2 is 1.67 bits per heavy atom. The Hall–Kier alpha value is -0.833. The van der Waals surface area contributed by atoms with E-state index in [2.05, 4.69) is 29.6 Å². The molecule has 1 aromatic rings. The van der Waals surface area contributed by atoms with Crippen molar-refractivity contribution in [3.05, 3.63) is 24.3 Å². The lowest BCUT2D eigenvalue weighted by Gasteiger charge is -2.17. The van der Waals surface area contributed by atoms with Crippen LogP contribution in [0, 0.1) is 0 Å². The molecule has 120 valence electrons. The summed E-state index contributed by atoms with van der Waals surface area (Å²) in [6.45, 7) is 6.27. The predicted molar refractivity (Wildman–Crippen MR) is 91.6 cm³/mol. The Bertz CT molecular complexity index is 674. The van der Waals surface area contributed by atoms with Crippen LogP contribution in [0.5, 0.6) is 5.75 Å². The highest BCUT2D eigenvalue weighted by atomic mass is 32.3. The molecule has 8 heteroatoms. The van der Waals surface area contributed by atoms with E-state index in [1.165, 1.54) is 7.11 Å². The van der Waals surface area contributed by atoms with Gasteiger partial charge in [0.05, 0.1) is 22.6 Å². The number of ether oxygens (including phenoxy) is 1. The first-order valence-corrected chi connectivity index (χ1v) is 13.6. The molecule has 0 fully saturated rings. The van der Waals surface area contributed by atoms with E-state index in [1.807, 2.05) is 0 Å². The van der Waals surface area contributed by atoms with Gasteiger partial charge in [-0.2, -0.15) is 0 Å². The van der Waals surface area contributed by atoms with Gasteiger partial charge in [0.15, 0.2) is 0 Å². The topological polar surface area (TPSA) is 72.5 Å². The van der Waals surface area contributed by atoms with Gasteiger partial charge in [-0.05, 0) is 36.2 Å². The van der Waals surface area contributed by atoms with Crippen molar-refractivity contribution in [3.63, 3.8) is 0 Å². The number of rotatable bonds is 7. The molecule has 21 heavy (non-hydrogen) atoms. The Morgan fingerprint density at radius 3 is 2.10 bits per heavy atom. The highest BCUT2D eigenvalue weighted by Crippen LogP contribution is 2.16. The maximum absolute atomic E-state index is 12.5. The van der Waals surface area contributed by atoms with Crippen molar-refractivity contribution in [2.24, 2.45) is 0 Å². The van der Waals surface area contributed by atoms with Gasteiger partial charge in [-0.3, -0.25) is 0 Å². The normalized spacial score (nSPS) is 15.4. The SMILES string of the molecule is C=S(=O)(NS(=O)(=O)CC[Si](C)(C)C)c1ccc(OC)cc1. The van der Waals surface area contributed by atoms with Crippen LogP contribution in [0.25, 0.3) is 0 Å². The van der Waals surface area contributed by atoms with Crippen LogP contribution in [-0.2, 0) is 19.7 Å². The third kappa shape index (κ3) is 6.21. The van der Waals surface area contributed by atoms with Crippen LogP contribution in [-0.4, -0.2) is 39.4 Å². The summed E-state index contributed by atoms with van der Waals surface area (Å²) in [6, 6.07) is 6.96. The fourth-order valence-corrected chi connectivity index (χ4v) is 7.99. The van der Waals surface area contributed by atoms with Gasteiger partial charge in [0.25, 0.3) is 0 Å². The van der Waals surface area contributed by atoms with E-state index in [0.717, 1.165) is 0 Å². The van der Waals surface area contributed by atoms with Crippen LogP contribution in [0.4, 0.5) is 0 Å². The molecule has 0 aliphatic carbocycles. The standard InChI is InChI=1S/C13H23NO4S2Si/c1-18-12-6-8-13(9-7-12)19(2,15)14-20(16,17)10-11-21(3,4)5/h6-9H,2,10-11H2,1,3-5H3,(H,14,15). The molecule has 0 bridgehead atoms. The summed E-state index contributed by atoms with van der Waals surface area (Å²) in [5.41, 5.74) is 0. The van der Waals surface area contributed by atoms with Crippen LogP contribution in [0.3, 0.4) is 0 Å². The van der Waals surface area contributed by atoms with Crippen LogP contribution in [0.15, 0.2) is 29.2 Å². The molecule has 0 aliphatic rings.